The van der Waals surface area contributed by atoms with E-state index in [0.29, 0.717) is 12.1 Å². The molecule has 6 heteroatoms. The minimum absolute atomic E-state index is 0.0627. The van der Waals surface area contributed by atoms with Crippen LogP contribution in [0, 0.1) is 0 Å². The second-order valence-electron chi connectivity index (χ2n) is 11.1. The van der Waals surface area contributed by atoms with Crippen molar-refractivity contribution in [1.82, 2.24) is 4.90 Å². The zero-order valence-electron chi connectivity index (χ0n) is 24.3. The van der Waals surface area contributed by atoms with Gasteiger partial charge in [0, 0.05) is 12.1 Å². The second-order valence-corrected chi connectivity index (χ2v) is 11.1. The third-order valence-corrected chi connectivity index (χ3v) is 8.78. The molecular formula is C38H31NO5. The number of benzene rings is 4. The van der Waals surface area contributed by atoms with Gasteiger partial charge in [-0.15, -0.1) is 0 Å². The number of furan rings is 1. The Morgan fingerprint density at radius 2 is 1.43 bits per heavy atom. The van der Waals surface area contributed by atoms with Crippen LogP contribution >= 0.6 is 0 Å². The molecular weight excluding hydrogens is 550 g/mol. The lowest BCUT2D eigenvalue weighted by molar-refractivity contribution is -0.151. The molecule has 0 bridgehead atoms. The maximum atomic E-state index is 14.5. The van der Waals surface area contributed by atoms with Crippen molar-refractivity contribution in [2.75, 3.05) is 13.7 Å². The molecule has 6 nitrogen and oxygen atoms in total. The number of fused-ring (bicyclic) bond motifs is 3. The number of rotatable bonds is 8. The lowest BCUT2D eigenvalue weighted by Crippen LogP contribution is -2.53. The predicted octanol–water partition coefficient (Wildman–Crippen LogP) is 7.00. The third-order valence-electron chi connectivity index (χ3n) is 8.78. The summed E-state index contributed by atoms with van der Waals surface area (Å²) in [5.74, 6) is -0.854. The first kappa shape index (κ1) is 27.6. The molecule has 0 saturated carbocycles. The number of carbonyl (C=O) groups excluding carboxylic acids is 2. The average Bonchev–Trinajstić information content (AvgIpc) is 3.81. The fraction of sp³-hybridized carbons (Fsp3) is 0.158. The molecule has 0 amide bonds. The van der Waals surface area contributed by atoms with Crippen LogP contribution in [0.2, 0.25) is 0 Å². The molecule has 0 N–H and O–H groups in total. The van der Waals surface area contributed by atoms with Crippen molar-refractivity contribution in [2.24, 2.45) is 0 Å². The Morgan fingerprint density at radius 1 is 0.818 bits per heavy atom. The first-order valence-corrected chi connectivity index (χ1v) is 14.7. The molecule has 1 aliphatic heterocycles. The molecule has 2 heterocycles. The van der Waals surface area contributed by atoms with Crippen molar-refractivity contribution in [3.63, 3.8) is 0 Å². The average molecular weight is 582 g/mol. The van der Waals surface area contributed by atoms with Gasteiger partial charge in [0.25, 0.3) is 0 Å². The number of hydrogen-bond donors (Lipinski definition) is 0. The highest BCUT2D eigenvalue weighted by molar-refractivity contribution is 5.93. The van der Waals surface area contributed by atoms with Gasteiger partial charge in [-0.25, -0.2) is 4.79 Å². The SMILES string of the molecule is COC(=O)CC1=C(c2ccoc2)CN(C2(c3ccccc3)c3ccccc3-c3ccccc32)[C@@H]1C(=O)OCc1ccccc1. The number of hydrogen-bond acceptors (Lipinski definition) is 6. The summed E-state index contributed by atoms with van der Waals surface area (Å²) in [6.07, 6.45) is 3.21. The van der Waals surface area contributed by atoms with E-state index in [9.17, 15) is 9.59 Å². The Balaban J connectivity index is 1.47. The molecule has 44 heavy (non-hydrogen) atoms. The predicted molar refractivity (Wildman–Crippen MR) is 167 cm³/mol. The second kappa shape index (κ2) is 11.5. The van der Waals surface area contributed by atoms with E-state index in [1.165, 1.54) is 7.11 Å². The number of methoxy groups -OCH3 is 1. The Hall–Kier alpha value is -5.20. The van der Waals surface area contributed by atoms with E-state index < -0.39 is 23.5 Å². The lowest BCUT2D eigenvalue weighted by Gasteiger charge is -2.44. The molecule has 5 aromatic rings. The topological polar surface area (TPSA) is 69.0 Å². The minimum Gasteiger partial charge on any atom is -0.472 e. The van der Waals surface area contributed by atoms with E-state index in [-0.39, 0.29) is 13.0 Å². The van der Waals surface area contributed by atoms with E-state index in [2.05, 4.69) is 41.3 Å². The van der Waals surface area contributed by atoms with E-state index in [4.69, 9.17) is 13.9 Å². The largest absolute Gasteiger partial charge is 0.472 e. The van der Waals surface area contributed by atoms with Crippen LogP contribution in [0.15, 0.2) is 138 Å². The van der Waals surface area contributed by atoms with Gasteiger partial charge in [0.05, 0.1) is 31.6 Å². The van der Waals surface area contributed by atoms with Gasteiger partial charge in [0.2, 0.25) is 0 Å². The Labute approximate surface area is 256 Å². The maximum absolute atomic E-state index is 14.5. The summed E-state index contributed by atoms with van der Waals surface area (Å²) in [6.45, 7) is 0.483. The number of carbonyl (C=O) groups is 2. The minimum atomic E-state index is -0.887. The van der Waals surface area contributed by atoms with Crippen LogP contribution in [0.5, 0.6) is 0 Å². The fourth-order valence-corrected chi connectivity index (χ4v) is 6.93. The summed E-state index contributed by atoms with van der Waals surface area (Å²) in [6, 6.07) is 37.6. The van der Waals surface area contributed by atoms with Gasteiger partial charge in [0.1, 0.15) is 12.6 Å². The van der Waals surface area contributed by atoms with Crippen molar-refractivity contribution >= 4 is 17.5 Å². The Morgan fingerprint density at radius 3 is 2.05 bits per heavy atom. The molecule has 0 saturated heterocycles. The summed E-state index contributed by atoms with van der Waals surface area (Å²) >= 11 is 0. The normalized spacial score (nSPS) is 16.8. The van der Waals surface area contributed by atoms with Crippen LogP contribution < -0.4 is 0 Å². The van der Waals surface area contributed by atoms with Gasteiger partial charge in [-0.1, -0.05) is 109 Å². The third kappa shape index (κ3) is 4.46. The molecule has 7 rings (SSSR count). The molecule has 0 fully saturated rings. The lowest BCUT2D eigenvalue weighted by atomic mass is 9.78. The standard InChI is InChI=1S/C38H31NO5/c1-42-35(40)22-31-32(27-20-21-43-25-27)23-39(36(31)37(41)44-24-26-12-4-2-5-13-26)38(28-14-6-3-7-15-28)33-18-10-8-16-29(33)30-17-9-11-19-34(30)38/h2-21,25,36H,22-24H2,1H3/t36-/m0/s1. The van der Waals surface area contributed by atoms with Gasteiger partial charge in [-0.2, -0.15) is 0 Å². The van der Waals surface area contributed by atoms with Crippen LogP contribution in [-0.4, -0.2) is 36.5 Å². The number of ether oxygens (including phenoxy) is 2. The van der Waals surface area contributed by atoms with Crippen LogP contribution in [0.25, 0.3) is 16.7 Å². The number of nitrogens with zero attached hydrogens (tertiary/aromatic N) is 1. The highest BCUT2D eigenvalue weighted by Gasteiger charge is 2.56. The van der Waals surface area contributed by atoms with Gasteiger partial charge in [-0.3, -0.25) is 9.69 Å². The molecule has 218 valence electrons. The van der Waals surface area contributed by atoms with E-state index in [1.807, 2.05) is 78.9 Å². The quantitative estimate of drug-likeness (QED) is 0.184. The molecule has 1 aromatic heterocycles. The number of esters is 2. The first-order chi connectivity index (χ1) is 21.6. The zero-order chi connectivity index (χ0) is 30.1. The van der Waals surface area contributed by atoms with E-state index in [1.54, 1.807) is 12.5 Å². The summed E-state index contributed by atoms with van der Waals surface area (Å²) in [5, 5.41) is 0. The van der Waals surface area contributed by atoms with Crippen LogP contribution in [0.1, 0.15) is 34.2 Å². The van der Waals surface area contributed by atoms with Crippen molar-refractivity contribution in [3.8, 4) is 11.1 Å². The molecule has 0 spiro atoms. The fourth-order valence-electron chi connectivity index (χ4n) is 6.93. The molecule has 4 aromatic carbocycles. The summed E-state index contributed by atoms with van der Waals surface area (Å²) in [7, 11) is 1.37. The highest BCUT2D eigenvalue weighted by atomic mass is 16.5. The van der Waals surface area contributed by atoms with Crippen LogP contribution in [0.3, 0.4) is 0 Å². The molecule has 2 aliphatic rings. The molecule has 0 unspecified atom stereocenters. The van der Waals surface area contributed by atoms with Gasteiger partial charge >= 0.3 is 11.9 Å². The summed E-state index contributed by atoms with van der Waals surface area (Å²) in [5.41, 5.74) is 7.70. The summed E-state index contributed by atoms with van der Waals surface area (Å²) < 4.78 is 16.7. The van der Waals surface area contributed by atoms with Gasteiger partial charge in [0.15, 0.2) is 0 Å². The maximum Gasteiger partial charge on any atom is 0.328 e. The Kier molecular flexibility index (Phi) is 7.20. The van der Waals surface area contributed by atoms with E-state index in [0.717, 1.165) is 44.5 Å². The molecule has 0 radical (unpaired) electrons. The van der Waals surface area contributed by atoms with Crippen LogP contribution in [0.4, 0.5) is 0 Å². The smallest absolute Gasteiger partial charge is 0.328 e. The first-order valence-electron chi connectivity index (χ1n) is 14.7. The van der Waals surface area contributed by atoms with Crippen molar-refractivity contribution < 1.29 is 23.5 Å². The van der Waals surface area contributed by atoms with Gasteiger partial charge in [-0.05, 0) is 50.6 Å². The highest BCUT2D eigenvalue weighted by Crippen LogP contribution is 2.57. The van der Waals surface area contributed by atoms with Crippen LogP contribution in [-0.2, 0) is 31.2 Å². The molecule has 1 aliphatic carbocycles. The van der Waals surface area contributed by atoms with Gasteiger partial charge < -0.3 is 13.9 Å². The Bertz CT molecular complexity index is 1800. The zero-order valence-corrected chi connectivity index (χ0v) is 24.3. The van der Waals surface area contributed by atoms with Crippen molar-refractivity contribution in [3.05, 3.63) is 161 Å². The molecule has 1 atom stereocenters. The monoisotopic (exact) mass is 581 g/mol. The van der Waals surface area contributed by atoms with Crippen molar-refractivity contribution in [1.29, 1.82) is 0 Å². The van der Waals surface area contributed by atoms with E-state index >= 15 is 0 Å². The van der Waals surface area contributed by atoms with Crippen molar-refractivity contribution in [2.45, 2.75) is 24.6 Å². The summed E-state index contributed by atoms with van der Waals surface area (Å²) in [4.78, 5) is 29.7.